The van der Waals surface area contributed by atoms with E-state index in [1.807, 2.05) is 66.2 Å². The first-order chi connectivity index (χ1) is 18.4. The van der Waals surface area contributed by atoms with Gasteiger partial charge in [-0.05, 0) is 55.0 Å². The number of para-hydroxylation sites is 1. The molecular formula is C29H24ClN3O5. The van der Waals surface area contributed by atoms with E-state index in [0.717, 1.165) is 27.1 Å². The summed E-state index contributed by atoms with van der Waals surface area (Å²) >= 11 is 6.21. The number of nitrogens with zero attached hydrogens (tertiary/aromatic N) is 2. The van der Waals surface area contributed by atoms with Gasteiger partial charge in [-0.15, -0.1) is 0 Å². The van der Waals surface area contributed by atoms with Gasteiger partial charge in [0.25, 0.3) is 11.8 Å². The number of nitrogens with one attached hydrogen (secondary N) is 1. The predicted octanol–water partition coefficient (Wildman–Crippen LogP) is 5.36. The van der Waals surface area contributed by atoms with Crippen LogP contribution in [0.2, 0.25) is 5.02 Å². The Morgan fingerprint density at radius 1 is 1.00 bits per heavy atom. The third kappa shape index (κ3) is 4.86. The van der Waals surface area contributed by atoms with Gasteiger partial charge >= 0.3 is 6.03 Å². The quantitative estimate of drug-likeness (QED) is 0.257. The zero-order valence-electron chi connectivity index (χ0n) is 20.7. The predicted molar refractivity (Wildman–Crippen MR) is 146 cm³/mol. The molecule has 1 fully saturated rings. The topological polar surface area (TPSA) is 89.9 Å². The maximum atomic E-state index is 13.4. The molecule has 8 nitrogen and oxygen atoms in total. The number of carbonyl (C=O) groups excluding carboxylic acids is 3. The number of halogens is 1. The highest BCUT2D eigenvalue weighted by atomic mass is 35.5. The highest BCUT2D eigenvalue weighted by molar-refractivity contribution is 6.40. The van der Waals surface area contributed by atoms with E-state index in [-0.39, 0.29) is 16.3 Å². The molecule has 1 saturated heterocycles. The summed E-state index contributed by atoms with van der Waals surface area (Å²) in [5.74, 6) is -0.335. The van der Waals surface area contributed by atoms with Crippen molar-refractivity contribution in [2.75, 3.05) is 18.6 Å². The minimum Gasteiger partial charge on any atom is -0.495 e. The molecule has 2 heterocycles. The van der Waals surface area contributed by atoms with Crippen LogP contribution in [0, 0.1) is 6.92 Å². The van der Waals surface area contributed by atoms with Crippen LogP contribution in [0.3, 0.4) is 0 Å². The highest BCUT2D eigenvalue weighted by Gasteiger charge is 2.37. The van der Waals surface area contributed by atoms with Crippen LogP contribution in [0.1, 0.15) is 11.1 Å². The van der Waals surface area contributed by atoms with Gasteiger partial charge in [-0.25, -0.2) is 9.69 Å². The normalized spacial score (nSPS) is 14.8. The van der Waals surface area contributed by atoms with Crippen LogP contribution in [-0.2, 0) is 16.1 Å². The molecule has 0 saturated carbocycles. The molecule has 1 aliphatic heterocycles. The Morgan fingerprint density at radius 2 is 1.82 bits per heavy atom. The molecule has 0 unspecified atom stereocenters. The van der Waals surface area contributed by atoms with Crippen LogP contribution in [0.5, 0.6) is 11.5 Å². The second kappa shape index (κ2) is 10.4. The number of aromatic nitrogens is 1. The lowest BCUT2D eigenvalue weighted by Crippen LogP contribution is -2.54. The van der Waals surface area contributed by atoms with Gasteiger partial charge in [0.2, 0.25) is 0 Å². The van der Waals surface area contributed by atoms with E-state index in [2.05, 4.69) is 5.32 Å². The zero-order valence-corrected chi connectivity index (χ0v) is 21.5. The number of benzene rings is 3. The van der Waals surface area contributed by atoms with Crippen LogP contribution in [-0.4, -0.2) is 36.1 Å². The first kappa shape index (κ1) is 25.1. The zero-order chi connectivity index (χ0) is 26.8. The molecule has 0 radical (unpaired) electrons. The Hall–Kier alpha value is -4.56. The third-order valence-electron chi connectivity index (χ3n) is 6.20. The fourth-order valence-electron chi connectivity index (χ4n) is 4.38. The molecule has 1 aromatic heterocycles. The highest BCUT2D eigenvalue weighted by Crippen LogP contribution is 2.31. The number of fused-ring (bicyclic) bond motifs is 1. The number of urea groups is 1. The largest absolute Gasteiger partial charge is 0.495 e. The Morgan fingerprint density at radius 3 is 2.58 bits per heavy atom. The molecule has 192 valence electrons. The summed E-state index contributed by atoms with van der Waals surface area (Å²) in [6.07, 6.45) is 3.37. The van der Waals surface area contributed by atoms with Crippen molar-refractivity contribution >= 4 is 52.1 Å². The molecule has 1 N–H and O–H groups in total. The smallest absolute Gasteiger partial charge is 0.335 e. The van der Waals surface area contributed by atoms with E-state index in [9.17, 15) is 14.4 Å². The number of carbonyl (C=O) groups is 3. The van der Waals surface area contributed by atoms with Gasteiger partial charge in [-0.2, -0.15) is 0 Å². The molecule has 4 aromatic rings. The van der Waals surface area contributed by atoms with Crippen molar-refractivity contribution in [1.82, 2.24) is 9.88 Å². The summed E-state index contributed by atoms with van der Waals surface area (Å²) in [6.45, 7) is 2.98. The monoisotopic (exact) mass is 529 g/mol. The third-order valence-corrected chi connectivity index (χ3v) is 6.50. The lowest BCUT2D eigenvalue weighted by molar-refractivity contribution is -0.122. The molecule has 0 spiro atoms. The second-order valence-corrected chi connectivity index (χ2v) is 9.14. The number of rotatable bonds is 7. The Labute approximate surface area is 224 Å². The summed E-state index contributed by atoms with van der Waals surface area (Å²) in [5.41, 5.74) is 2.74. The van der Waals surface area contributed by atoms with Crippen molar-refractivity contribution in [2.24, 2.45) is 0 Å². The summed E-state index contributed by atoms with van der Waals surface area (Å²) in [6, 6.07) is 19.2. The number of imide groups is 2. The van der Waals surface area contributed by atoms with Crippen LogP contribution in [0.4, 0.5) is 10.5 Å². The molecule has 38 heavy (non-hydrogen) atoms. The van der Waals surface area contributed by atoms with E-state index in [4.69, 9.17) is 21.1 Å². The fraction of sp³-hybridized carbons (Fsp3) is 0.138. The van der Waals surface area contributed by atoms with Crippen molar-refractivity contribution in [1.29, 1.82) is 0 Å². The first-order valence-corrected chi connectivity index (χ1v) is 12.3. The molecule has 4 amide bonds. The fourth-order valence-corrected chi connectivity index (χ4v) is 4.64. The standard InChI is InChI=1S/C29H24ClN3O5/c1-18-6-5-7-21(14-18)38-13-12-32-17-19(22-8-3-4-9-25(22)32)15-23-27(34)31-29(36)33(28(23)35)20-10-11-26(37-2)24(30)16-20/h3-11,14-17H,12-13H2,1-2H3,(H,31,34,36). The van der Waals surface area contributed by atoms with E-state index in [1.54, 1.807) is 6.07 Å². The lowest BCUT2D eigenvalue weighted by atomic mass is 10.1. The number of hydrogen-bond acceptors (Lipinski definition) is 5. The van der Waals surface area contributed by atoms with Gasteiger partial charge in [-0.3, -0.25) is 14.9 Å². The molecule has 3 aromatic carbocycles. The molecule has 9 heteroatoms. The van der Waals surface area contributed by atoms with Crippen LogP contribution >= 0.6 is 11.6 Å². The van der Waals surface area contributed by atoms with Gasteiger partial charge in [0.15, 0.2) is 0 Å². The summed E-state index contributed by atoms with van der Waals surface area (Å²) in [5, 5.41) is 3.33. The second-order valence-electron chi connectivity index (χ2n) is 8.74. The van der Waals surface area contributed by atoms with E-state index in [0.29, 0.717) is 24.5 Å². The van der Waals surface area contributed by atoms with Gasteiger partial charge in [0, 0.05) is 22.7 Å². The number of barbiturate groups is 1. The Kier molecular flexibility index (Phi) is 6.89. The number of amides is 4. The van der Waals surface area contributed by atoms with Gasteiger partial charge in [0.1, 0.15) is 23.7 Å². The maximum absolute atomic E-state index is 13.4. The SMILES string of the molecule is COc1ccc(N2C(=O)NC(=O)C(=Cc3cn(CCOc4cccc(C)c4)c4ccccc34)C2=O)cc1Cl. The summed E-state index contributed by atoms with van der Waals surface area (Å²) in [4.78, 5) is 39.6. The van der Waals surface area contributed by atoms with Crippen LogP contribution in [0.15, 0.2) is 78.5 Å². The van der Waals surface area contributed by atoms with E-state index in [1.165, 1.54) is 25.3 Å². The number of methoxy groups -OCH3 is 1. The molecule has 0 aliphatic carbocycles. The molecule has 0 bridgehead atoms. The van der Waals surface area contributed by atoms with Gasteiger partial charge < -0.3 is 14.0 Å². The van der Waals surface area contributed by atoms with Crippen molar-refractivity contribution < 1.29 is 23.9 Å². The van der Waals surface area contributed by atoms with Crippen molar-refractivity contribution in [3.8, 4) is 11.5 Å². The van der Waals surface area contributed by atoms with Gasteiger partial charge in [-0.1, -0.05) is 41.9 Å². The summed E-state index contributed by atoms with van der Waals surface area (Å²) < 4.78 is 13.1. The molecule has 0 atom stereocenters. The van der Waals surface area contributed by atoms with Crippen LogP contribution < -0.4 is 19.7 Å². The van der Waals surface area contributed by atoms with E-state index < -0.39 is 17.8 Å². The lowest BCUT2D eigenvalue weighted by Gasteiger charge is -2.26. The minimum atomic E-state index is -0.853. The van der Waals surface area contributed by atoms with Crippen molar-refractivity contribution in [2.45, 2.75) is 13.5 Å². The van der Waals surface area contributed by atoms with Crippen molar-refractivity contribution in [3.63, 3.8) is 0 Å². The maximum Gasteiger partial charge on any atom is 0.335 e. The average molecular weight is 530 g/mol. The summed E-state index contributed by atoms with van der Waals surface area (Å²) in [7, 11) is 1.46. The van der Waals surface area contributed by atoms with E-state index >= 15 is 0 Å². The van der Waals surface area contributed by atoms with Crippen LogP contribution in [0.25, 0.3) is 17.0 Å². The first-order valence-electron chi connectivity index (χ1n) is 11.9. The molecular weight excluding hydrogens is 506 g/mol. The minimum absolute atomic E-state index is 0.171. The number of ether oxygens (including phenoxy) is 2. The number of aryl methyl sites for hydroxylation is 1. The average Bonchev–Trinajstić information content (AvgIpc) is 3.24. The molecule has 1 aliphatic rings. The van der Waals surface area contributed by atoms with Crippen molar-refractivity contribution in [3.05, 3.63) is 94.6 Å². The Bertz CT molecular complexity index is 1610. The number of anilines is 1. The number of hydrogen-bond donors (Lipinski definition) is 1. The Balaban J connectivity index is 1.45. The molecule has 5 rings (SSSR count). The van der Waals surface area contributed by atoms with Gasteiger partial charge in [0.05, 0.1) is 24.4 Å².